The van der Waals surface area contributed by atoms with Crippen molar-refractivity contribution in [2.45, 2.75) is 18.5 Å². The second-order valence-corrected chi connectivity index (χ2v) is 7.21. The molecule has 4 amide bonds. The average molecular weight is 371 g/mol. The van der Waals surface area contributed by atoms with Crippen LogP contribution < -0.4 is 15.4 Å². The van der Waals surface area contributed by atoms with Crippen molar-refractivity contribution in [3.05, 3.63) is 52.2 Å². The van der Waals surface area contributed by atoms with Gasteiger partial charge in [0.15, 0.2) is 5.54 Å². The summed E-state index contributed by atoms with van der Waals surface area (Å²) in [6.45, 7) is 0.393. The third kappa shape index (κ3) is 2.72. The van der Waals surface area contributed by atoms with E-state index < -0.39 is 17.5 Å². The zero-order valence-electron chi connectivity index (χ0n) is 13.9. The second-order valence-electron chi connectivity index (χ2n) is 6.18. The predicted octanol–water partition coefficient (Wildman–Crippen LogP) is 1.59. The van der Waals surface area contributed by atoms with Gasteiger partial charge in [0.25, 0.3) is 5.91 Å². The Kier molecular flexibility index (Phi) is 4.12. The molecule has 1 fully saturated rings. The Morgan fingerprint density at radius 1 is 1.27 bits per heavy atom. The number of fused-ring (bicyclic) bond motifs is 2. The summed E-state index contributed by atoms with van der Waals surface area (Å²) in [6.07, 6.45) is 0.335. The van der Waals surface area contributed by atoms with Gasteiger partial charge in [-0.1, -0.05) is 24.3 Å². The molecule has 2 aliphatic rings. The molecule has 0 bridgehead atoms. The molecule has 1 atom stereocenters. The molecule has 1 spiro atoms. The molecule has 26 heavy (non-hydrogen) atoms. The van der Waals surface area contributed by atoms with Gasteiger partial charge >= 0.3 is 6.03 Å². The lowest BCUT2D eigenvalue weighted by Gasteiger charge is -2.33. The molecule has 2 aliphatic heterocycles. The van der Waals surface area contributed by atoms with E-state index in [2.05, 4.69) is 10.6 Å². The number of nitrogens with zero attached hydrogens (tertiary/aromatic N) is 1. The highest BCUT2D eigenvalue weighted by atomic mass is 32.1. The monoisotopic (exact) mass is 371 g/mol. The minimum atomic E-state index is -1.15. The van der Waals surface area contributed by atoms with Gasteiger partial charge in [-0.05, 0) is 17.5 Å². The highest BCUT2D eigenvalue weighted by Crippen LogP contribution is 2.40. The lowest BCUT2D eigenvalue weighted by molar-refractivity contribution is -0.136. The maximum atomic E-state index is 13.0. The first kappa shape index (κ1) is 16.6. The minimum absolute atomic E-state index is 0.305. The number of amides is 4. The normalized spacial score (nSPS) is 21.3. The molecule has 1 unspecified atom stereocenters. The van der Waals surface area contributed by atoms with Gasteiger partial charge in [0.2, 0.25) is 5.91 Å². The maximum Gasteiger partial charge on any atom is 0.325 e. The predicted molar refractivity (Wildman–Crippen MR) is 94.6 cm³/mol. The number of imide groups is 1. The van der Waals surface area contributed by atoms with Crippen LogP contribution in [0.2, 0.25) is 0 Å². The summed E-state index contributed by atoms with van der Waals surface area (Å²) in [5.74, 6) is -0.208. The van der Waals surface area contributed by atoms with Gasteiger partial charge in [-0.15, -0.1) is 11.3 Å². The molecule has 2 N–H and O–H groups in total. The molecule has 0 aliphatic carbocycles. The van der Waals surface area contributed by atoms with Crippen LogP contribution in [0.3, 0.4) is 0 Å². The van der Waals surface area contributed by atoms with Crippen molar-refractivity contribution in [1.82, 2.24) is 15.5 Å². The van der Waals surface area contributed by atoms with Crippen LogP contribution in [0.1, 0.15) is 16.9 Å². The van der Waals surface area contributed by atoms with Crippen molar-refractivity contribution in [1.29, 1.82) is 0 Å². The van der Waals surface area contributed by atoms with E-state index in [1.54, 1.807) is 18.2 Å². The van der Waals surface area contributed by atoms with E-state index in [0.717, 1.165) is 9.78 Å². The van der Waals surface area contributed by atoms with E-state index in [1.807, 2.05) is 23.6 Å². The number of urea groups is 1. The molecule has 2 aromatic rings. The molecule has 8 heteroatoms. The minimum Gasteiger partial charge on any atom is -0.493 e. The Labute approximate surface area is 153 Å². The Morgan fingerprint density at radius 2 is 2.12 bits per heavy atom. The van der Waals surface area contributed by atoms with Crippen molar-refractivity contribution >= 4 is 29.2 Å². The van der Waals surface area contributed by atoms with Gasteiger partial charge in [-0.3, -0.25) is 14.5 Å². The van der Waals surface area contributed by atoms with Crippen molar-refractivity contribution in [2.75, 3.05) is 13.2 Å². The Morgan fingerprint density at radius 3 is 2.92 bits per heavy atom. The van der Waals surface area contributed by atoms with Gasteiger partial charge in [0.05, 0.1) is 13.2 Å². The van der Waals surface area contributed by atoms with E-state index >= 15 is 0 Å². The summed E-state index contributed by atoms with van der Waals surface area (Å²) in [4.78, 5) is 39.6. The number of benzene rings is 1. The number of carbonyl (C=O) groups excluding carboxylic acids is 3. The molecule has 3 heterocycles. The lowest BCUT2D eigenvalue weighted by atomic mass is 9.84. The molecule has 1 aromatic carbocycles. The fraction of sp³-hybridized carbons (Fsp3) is 0.278. The van der Waals surface area contributed by atoms with Crippen LogP contribution in [0, 0.1) is 0 Å². The van der Waals surface area contributed by atoms with E-state index in [1.165, 1.54) is 11.3 Å². The van der Waals surface area contributed by atoms with Crippen molar-refractivity contribution < 1.29 is 19.1 Å². The smallest absolute Gasteiger partial charge is 0.325 e. The molecule has 0 saturated carbocycles. The maximum absolute atomic E-state index is 13.0. The first-order valence-corrected chi connectivity index (χ1v) is 9.13. The summed E-state index contributed by atoms with van der Waals surface area (Å²) in [7, 11) is 0. The number of hydrogen-bond donors (Lipinski definition) is 2. The Hall–Kier alpha value is -2.87. The van der Waals surface area contributed by atoms with Gasteiger partial charge in [0, 0.05) is 16.9 Å². The topological polar surface area (TPSA) is 87.7 Å². The second kappa shape index (κ2) is 6.45. The first-order valence-electron chi connectivity index (χ1n) is 8.26. The average Bonchev–Trinajstić information content (AvgIpc) is 3.24. The van der Waals surface area contributed by atoms with Crippen LogP contribution in [0.5, 0.6) is 5.75 Å². The van der Waals surface area contributed by atoms with Crippen LogP contribution in [-0.2, 0) is 21.7 Å². The zero-order chi connectivity index (χ0) is 18.1. The van der Waals surface area contributed by atoms with Crippen molar-refractivity contribution in [3.63, 3.8) is 0 Å². The zero-order valence-corrected chi connectivity index (χ0v) is 14.7. The number of nitrogens with one attached hydrogen (secondary N) is 2. The number of carbonyl (C=O) groups is 3. The number of thiophene rings is 1. The summed E-state index contributed by atoms with van der Waals surface area (Å²) < 4.78 is 5.59. The third-order valence-corrected chi connectivity index (χ3v) is 5.48. The van der Waals surface area contributed by atoms with Gasteiger partial charge < -0.3 is 15.4 Å². The third-order valence-electron chi connectivity index (χ3n) is 4.60. The summed E-state index contributed by atoms with van der Waals surface area (Å²) in [5, 5.41) is 7.44. The number of rotatable bonds is 4. The fourth-order valence-electron chi connectivity index (χ4n) is 3.31. The molecule has 0 radical (unpaired) electrons. The van der Waals surface area contributed by atoms with Crippen LogP contribution in [0.15, 0.2) is 41.8 Å². The SMILES string of the molecule is O=C(CN1C(=O)NC2(CCOc3ccccc32)C1=O)NCc1cccs1. The lowest BCUT2D eigenvalue weighted by Crippen LogP contribution is -2.48. The van der Waals surface area contributed by atoms with Crippen molar-refractivity contribution in [3.8, 4) is 5.75 Å². The highest BCUT2D eigenvalue weighted by Gasteiger charge is 2.55. The van der Waals surface area contributed by atoms with Gasteiger partial charge in [0.1, 0.15) is 12.3 Å². The number of ether oxygens (including phenoxy) is 1. The summed E-state index contributed by atoms with van der Waals surface area (Å²) >= 11 is 1.53. The highest BCUT2D eigenvalue weighted by molar-refractivity contribution is 7.09. The molecule has 7 nitrogen and oxygen atoms in total. The van der Waals surface area contributed by atoms with Crippen LogP contribution in [0.4, 0.5) is 4.79 Å². The van der Waals surface area contributed by atoms with Crippen LogP contribution >= 0.6 is 11.3 Å². The quantitative estimate of drug-likeness (QED) is 0.799. The first-order chi connectivity index (χ1) is 12.6. The standard InChI is InChI=1S/C18H17N3O4S/c22-15(19-10-12-4-3-9-26-12)11-21-16(23)18(20-17(21)24)7-8-25-14-6-2-1-5-13(14)18/h1-6,9H,7-8,10-11H2,(H,19,22)(H,20,24). The molecule has 4 rings (SSSR count). The van der Waals surface area contributed by atoms with Crippen LogP contribution in [0.25, 0.3) is 0 Å². The van der Waals surface area contributed by atoms with Crippen molar-refractivity contribution in [2.24, 2.45) is 0 Å². The van der Waals surface area contributed by atoms with Crippen LogP contribution in [-0.4, -0.2) is 35.9 Å². The molecule has 134 valence electrons. The van der Waals surface area contributed by atoms with E-state index in [0.29, 0.717) is 30.9 Å². The number of hydrogen-bond acceptors (Lipinski definition) is 5. The molecule has 1 aromatic heterocycles. The molecule has 1 saturated heterocycles. The summed E-state index contributed by atoms with van der Waals surface area (Å²) in [5.41, 5.74) is -0.522. The van der Waals surface area contributed by atoms with E-state index in [4.69, 9.17) is 4.74 Å². The number of para-hydroxylation sites is 1. The fourth-order valence-corrected chi connectivity index (χ4v) is 3.96. The Bertz CT molecular complexity index is 867. The largest absolute Gasteiger partial charge is 0.493 e. The molecular weight excluding hydrogens is 354 g/mol. The molecular formula is C18H17N3O4S. The van der Waals surface area contributed by atoms with E-state index in [9.17, 15) is 14.4 Å². The summed E-state index contributed by atoms with van der Waals surface area (Å²) in [6, 6.07) is 10.4. The Balaban J connectivity index is 1.50. The van der Waals surface area contributed by atoms with Gasteiger partial charge in [-0.2, -0.15) is 0 Å². The van der Waals surface area contributed by atoms with E-state index in [-0.39, 0.29) is 12.5 Å². The van der Waals surface area contributed by atoms with Gasteiger partial charge in [-0.25, -0.2) is 4.79 Å².